The van der Waals surface area contributed by atoms with E-state index in [1.807, 2.05) is 24.4 Å². The maximum Gasteiger partial charge on any atom is 0.265 e. The fourth-order valence-electron chi connectivity index (χ4n) is 5.30. The Morgan fingerprint density at radius 2 is 1.97 bits per heavy atom. The van der Waals surface area contributed by atoms with Crippen LogP contribution in [0.5, 0.6) is 0 Å². The Morgan fingerprint density at radius 3 is 2.57 bits per heavy atom. The Labute approximate surface area is 205 Å². The first-order valence-electron chi connectivity index (χ1n) is 12.5. The Bertz CT molecular complexity index is 1270. The minimum absolute atomic E-state index is 0.174. The topological polar surface area (TPSA) is 96.2 Å². The van der Waals surface area contributed by atoms with Crippen molar-refractivity contribution in [1.82, 2.24) is 24.4 Å². The summed E-state index contributed by atoms with van der Waals surface area (Å²) in [4.78, 5) is 44.0. The summed E-state index contributed by atoms with van der Waals surface area (Å²) in [6.07, 6.45) is 9.16. The van der Waals surface area contributed by atoms with Crippen LogP contribution in [0, 0.1) is 0 Å². The molecule has 1 amide bonds. The standard InChI is InChI=1S/C26H33N7O2/c1-4-26(11-7-12-26)33-22-18(16-20(24(33)35)23(34)31(2)3)17-28-25(30-22)29-19-9-14-32(15-10-19)21-8-5-6-13-27-21/h5-6,8,13,16-17,19H,4,7,9-12,14-15H2,1-3H3,(H,28,29,30). The van der Waals surface area contributed by atoms with Gasteiger partial charge in [0.05, 0.1) is 0 Å². The van der Waals surface area contributed by atoms with Crippen molar-refractivity contribution in [2.24, 2.45) is 0 Å². The second-order valence-corrected chi connectivity index (χ2v) is 9.90. The Kier molecular flexibility index (Phi) is 6.17. The number of aromatic nitrogens is 4. The number of rotatable bonds is 6. The molecule has 3 aromatic rings. The van der Waals surface area contributed by atoms with Crippen LogP contribution in [0.15, 0.2) is 41.5 Å². The van der Waals surface area contributed by atoms with Crippen LogP contribution in [0.2, 0.25) is 0 Å². The van der Waals surface area contributed by atoms with Crippen LogP contribution < -0.4 is 15.8 Å². The number of pyridine rings is 2. The second kappa shape index (κ2) is 9.28. The molecule has 0 radical (unpaired) electrons. The zero-order valence-corrected chi connectivity index (χ0v) is 20.7. The molecular formula is C26H33N7O2. The van der Waals surface area contributed by atoms with Crippen molar-refractivity contribution in [2.45, 2.75) is 57.0 Å². The number of carbonyl (C=O) groups is 1. The fraction of sp³-hybridized carbons (Fsp3) is 0.500. The van der Waals surface area contributed by atoms with E-state index in [9.17, 15) is 9.59 Å². The molecule has 5 rings (SSSR count). The number of amides is 1. The fourth-order valence-corrected chi connectivity index (χ4v) is 5.30. The summed E-state index contributed by atoms with van der Waals surface area (Å²) in [6.45, 7) is 3.91. The average Bonchev–Trinajstić information content (AvgIpc) is 2.85. The zero-order chi connectivity index (χ0) is 24.6. The number of nitrogens with one attached hydrogen (secondary N) is 1. The van der Waals surface area contributed by atoms with Crippen molar-refractivity contribution < 1.29 is 4.79 Å². The number of fused-ring (bicyclic) bond motifs is 1. The van der Waals surface area contributed by atoms with E-state index in [1.165, 1.54) is 4.90 Å². The van der Waals surface area contributed by atoms with E-state index in [2.05, 4.69) is 27.1 Å². The van der Waals surface area contributed by atoms with E-state index in [4.69, 9.17) is 4.98 Å². The summed E-state index contributed by atoms with van der Waals surface area (Å²) in [5, 5.41) is 4.21. The minimum Gasteiger partial charge on any atom is -0.356 e. The van der Waals surface area contributed by atoms with Gasteiger partial charge in [-0.2, -0.15) is 4.98 Å². The van der Waals surface area contributed by atoms with Gasteiger partial charge in [0.2, 0.25) is 5.95 Å². The van der Waals surface area contributed by atoms with Gasteiger partial charge in [-0.3, -0.25) is 14.2 Å². The molecular weight excluding hydrogens is 442 g/mol. The molecule has 35 heavy (non-hydrogen) atoms. The highest BCUT2D eigenvalue weighted by molar-refractivity contribution is 5.96. The first-order chi connectivity index (χ1) is 16.9. The summed E-state index contributed by atoms with van der Waals surface area (Å²) in [5.74, 6) is 1.24. The summed E-state index contributed by atoms with van der Waals surface area (Å²) in [7, 11) is 3.33. The summed E-state index contributed by atoms with van der Waals surface area (Å²) < 4.78 is 1.79. The summed E-state index contributed by atoms with van der Waals surface area (Å²) >= 11 is 0. The normalized spacial score (nSPS) is 17.7. The number of hydrogen-bond acceptors (Lipinski definition) is 7. The molecule has 0 aromatic carbocycles. The highest BCUT2D eigenvalue weighted by atomic mass is 16.2. The van der Waals surface area contributed by atoms with Crippen molar-refractivity contribution in [2.75, 3.05) is 37.4 Å². The molecule has 1 N–H and O–H groups in total. The van der Waals surface area contributed by atoms with Crippen LogP contribution in [0.25, 0.3) is 11.0 Å². The van der Waals surface area contributed by atoms with Gasteiger partial charge in [-0.05, 0) is 56.7 Å². The number of anilines is 2. The number of carbonyl (C=O) groups excluding carboxylic acids is 1. The number of hydrogen-bond donors (Lipinski definition) is 1. The van der Waals surface area contributed by atoms with Gasteiger partial charge in [-0.15, -0.1) is 0 Å². The first kappa shape index (κ1) is 23.3. The van der Waals surface area contributed by atoms with Gasteiger partial charge in [-0.25, -0.2) is 9.97 Å². The third kappa shape index (κ3) is 4.24. The number of nitrogens with zero attached hydrogens (tertiary/aromatic N) is 6. The van der Waals surface area contributed by atoms with Gasteiger partial charge in [-0.1, -0.05) is 13.0 Å². The molecule has 1 aliphatic carbocycles. The molecule has 4 heterocycles. The van der Waals surface area contributed by atoms with Gasteiger partial charge < -0.3 is 15.1 Å². The van der Waals surface area contributed by atoms with Crippen molar-refractivity contribution in [1.29, 1.82) is 0 Å². The van der Waals surface area contributed by atoms with Gasteiger partial charge in [0.25, 0.3) is 11.5 Å². The van der Waals surface area contributed by atoms with Crippen LogP contribution in [0.1, 0.15) is 55.8 Å². The first-order valence-corrected chi connectivity index (χ1v) is 12.5. The predicted molar refractivity (Wildman–Crippen MR) is 137 cm³/mol. The van der Waals surface area contributed by atoms with E-state index in [-0.39, 0.29) is 28.6 Å². The highest BCUT2D eigenvalue weighted by Crippen LogP contribution is 2.42. The third-order valence-corrected chi connectivity index (χ3v) is 7.60. The van der Waals surface area contributed by atoms with Crippen LogP contribution in [-0.4, -0.2) is 63.6 Å². The molecule has 9 heteroatoms. The molecule has 1 saturated heterocycles. The summed E-state index contributed by atoms with van der Waals surface area (Å²) in [6, 6.07) is 7.87. The molecule has 0 spiro atoms. The quantitative estimate of drug-likeness (QED) is 0.585. The van der Waals surface area contributed by atoms with E-state index in [1.54, 1.807) is 30.9 Å². The molecule has 3 aromatic heterocycles. The van der Waals surface area contributed by atoms with Crippen molar-refractivity contribution >= 4 is 28.7 Å². The molecule has 9 nitrogen and oxygen atoms in total. The molecule has 2 fully saturated rings. The largest absolute Gasteiger partial charge is 0.356 e. The van der Waals surface area contributed by atoms with Crippen LogP contribution in [-0.2, 0) is 5.54 Å². The molecule has 0 atom stereocenters. The minimum atomic E-state index is -0.294. The van der Waals surface area contributed by atoms with Crippen molar-refractivity contribution in [3.8, 4) is 0 Å². The van der Waals surface area contributed by atoms with E-state index in [0.717, 1.165) is 57.4 Å². The molecule has 0 bridgehead atoms. The lowest BCUT2D eigenvalue weighted by molar-refractivity contribution is 0.0821. The molecule has 184 valence electrons. The average molecular weight is 476 g/mol. The number of piperidine rings is 1. The van der Waals surface area contributed by atoms with Gasteiger partial charge >= 0.3 is 0 Å². The smallest absolute Gasteiger partial charge is 0.265 e. The van der Waals surface area contributed by atoms with Gasteiger partial charge in [0.15, 0.2) is 0 Å². The molecule has 1 aliphatic heterocycles. The van der Waals surface area contributed by atoms with E-state index < -0.39 is 0 Å². The Morgan fingerprint density at radius 1 is 1.20 bits per heavy atom. The lowest BCUT2D eigenvalue weighted by atomic mass is 9.74. The SMILES string of the molecule is CCC1(n2c(=O)c(C(=O)N(C)C)cc3cnc(NC4CCN(c5ccccn5)CC4)nc32)CCC1. The van der Waals surface area contributed by atoms with Crippen LogP contribution in [0.4, 0.5) is 11.8 Å². The molecule has 2 aliphatic rings. The lowest BCUT2D eigenvalue weighted by Gasteiger charge is -2.43. The summed E-state index contributed by atoms with van der Waals surface area (Å²) in [5.41, 5.74) is 0.229. The Balaban J connectivity index is 1.45. The molecule has 0 unspecified atom stereocenters. The van der Waals surface area contributed by atoms with Gasteiger partial charge in [0, 0.05) is 56.5 Å². The predicted octanol–water partition coefficient (Wildman–Crippen LogP) is 3.26. The highest BCUT2D eigenvalue weighted by Gasteiger charge is 2.40. The zero-order valence-electron chi connectivity index (χ0n) is 20.7. The van der Waals surface area contributed by atoms with E-state index in [0.29, 0.717) is 17.0 Å². The van der Waals surface area contributed by atoms with Crippen LogP contribution in [0.3, 0.4) is 0 Å². The van der Waals surface area contributed by atoms with Crippen molar-refractivity contribution in [3.05, 3.63) is 52.6 Å². The van der Waals surface area contributed by atoms with Crippen molar-refractivity contribution in [3.63, 3.8) is 0 Å². The molecule has 1 saturated carbocycles. The van der Waals surface area contributed by atoms with Gasteiger partial charge in [0.1, 0.15) is 17.0 Å². The monoisotopic (exact) mass is 475 g/mol. The van der Waals surface area contributed by atoms with E-state index >= 15 is 0 Å². The Hall–Kier alpha value is -3.49. The lowest BCUT2D eigenvalue weighted by Crippen LogP contribution is -2.48. The maximum atomic E-state index is 13.6. The van der Waals surface area contributed by atoms with Crippen LogP contribution >= 0.6 is 0 Å². The maximum absolute atomic E-state index is 13.6. The second-order valence-electron chi connectivity index (χ2n) is 9.90. The third-order valence-electron chi connectivity index (χ3n) is 7.60.